The zero-order valence-electron chi connectivity index (χ0n) is 11.1. The monoisotopic (exact) mass is 307 g/mol. The smallest absolute Gasteiger partial charge is 0.322 e. The number of carbonyl (C=O) groups is 1. The molecular weight excluding hydrogens is 292 g/mol. The molecule has 1 aromatic rings. The van der Waals surface area contributed by atoms with Gasteiger partial charge in [-0.15, -0.1) is 0 Å². The molecule has 0 aliphatic heterocycles. The molecule has 0 unspecified atom stereocenters. The molecule has 20 heavy (non-hydrogen) atoms. The highest BCUT2D eigenvalue weighted by atomic mass is 32.2. The zero-order chi connectivity index (χ0) is 15.7. The Bertz CT molecular complexity index is 623. The Kier molecular flexibility index (Phi) is 4.50. The summed E-state index contributed by atoms with van der Waals surface area (Å²) in [5, 5.41) is 9.05. The van der Waals surface area contributed by atoms with Gasteiger partial charge in [-0.05, 0) is 23.6 Å². The number of hydrogen-bond acceptors (Lipinski definition) is 3. The van der Waals surface area contributed by atoms with Gasteiger partial charge in [-0.3, -0.25) is 4.79 Å². The molecule has 0 aromatic heterocycles. The second-order valence-corrected chi connectivity index (χ2v) is 7.02. The average molecular weight is 307 g/mol. The molecule has 5 nitrogen and oxygen atoms in total. The minimum Gasteiger partial charge on any atom is -0.480 e. The van der Waals surface area contributed by atoms with Gasteiger partial charge in [-0.2, -0.15) is 4.72 Å². The zero-order valence-corrected chi connectivity index (χ0v) is 12.0. The van der Waals surface area contributed by atoms with Crippen LogP contribution in [0.5, 0.6) is 0 Å². The number of hydrogen-bond donors (Lipinski definition) is 2. The summed E-state index contributed by atoms with van der Waals surface area (Å²) in [5.41, 5.74) is -0.942. The molecular formula is C12H15F2NO4S. The molecule has 0 radical (unpaired) electrons. The molecule has 1 atom stereocenters. The first-order valence-corrected chi connectivity index (χ1v) is 7.13. The largest absolute Gasteiger partial charge is 0.480 e. The van der Waals surface area contributed by atoms with E-state index in [1.54, 1.807) is 0 Å². The second kappa shape index (κ2) is 5.45. The van der Waals surface area contributed by atoms with E-state index < -0.39 is 44.0 Å². The summed E-state index contributed by atoms with van der Waals surface area (Å²) in [6.45, 7) is 4.53. The minimum absolute atomic E-state index is 0.499. The van der Waals surface area contributed by atoms with Gasteiger partial charge in [0.1, 0.15) is 22.6 Å². The topological polar surface area (TPSA) is 83.5 Å². The highest BCUT2D eigenvalue weighted by molar-refractivity contribution is 7.89. The van der Waals surface area contributed by atoms with Crippen LogP contribution < -0.4 is 4.72 Å². The Morgan fingerprint density at radius 3 is 2.30 bits per heavy atom. The van der Waals surface area contributed by atoms with Crippen molar-refractivity contribution in [3.63, 3.8) is 0 Å². The predicted octanol–water partition coefficient (Wildman–Crippen LogP) is 1.74. The van der Waals surface area contributed by atoms with Gasteiger partial charge >= 0.3 is 5.97 Å². The molecule has 0 fully saturated rings. The van der Waals surface area contributed by atoms with Crippen molar-refractivity contribution in [1.82, 2.24) is 4.72 Å². The van der Waals surface area contributed by atoms with Crippen LogP contribution in [0.15, 0.2) is 23.1 Å². The first-order chi connectivity index (χ1) is 8.95. The predicted molar refractivity (Wildman–Crippen MR) is 67.6 cm³/mol. The molecule has 0 bridgehead atoms. The fraction of sp³-hybridized carbons (Fsp3) is 0.417. The van der Waals surface area contributed by atoms with Crippen LogP contribution in [0.3, 0.4) is 0 Å². The number of halogens is 2. The molecule has 112 valence electrons. The van der Waals surface area contributed by atoms with E-state index in [0.717, 1.165) is 6.07 Å². The maximum absolute atomic E-state index is 13.5. The molecule has 0 saturated carbocycles. The fourth-order valence-corrected chi connectivity index (χ4v) is 2.98. The molecule has 1 rings (SSSR count). The summed E-state index contributed by atoms with van der Waals surface area (Å²) < 4.78 is 52.4. The normalized spacial score (nSPS) is 14.1. The number of aliphatic carboxylic acids is 1. The van der Waals surface area contributed by atoms with E-state index in [2.05, 4.69) is 0 Å². The fourth-order valence-electron chi connectivity index (χ4n) is 1.50. The van der Waals surface area contributed by atoms with Crippen molar-refractivity contribution in [1.29, 1.82) is 0 Å². The highest BCUT2D eigenvalue weighted by Gasteiger charge is 2.36. The molecule has 0 aliphatic carbocycles. The van der Waals surface area contributed by atoms with Crippen LogP contribution >= 0.6 is 0 Å². The third-order valence-electron chi connectivity index (χ3n) is 2.57. The van der Waals surface area contributed by atoms with Crippen LogP contribution in [0.2, 0.25) is 0 Å². The summed E-state index contributed by atoms with van der Waals surface area (Å²) >= 11 is 0. The van der Waals surface area contributed by atoms with E-state index in [4.69, 9.17) is 5.11 Å². The number of carboxylic acid groups (broad SMARTS) is 1. The summed E-state index contributed by atoms with van der Waals surface area (Å²) in [4.78, 5) is 10.2. The van der Waals surface area contributed by atoms with E-state index in [9.17, 15) is 22.0 Å². The number of benzene rings is 1. The Hall–Kier alpha value is -1.54. The molecule has 0 aliphatic rings. The van der Waals surface area contributed by atoms with Gasteiger partial charge in [0.15, 0.2) is 0 Å². The SMILES string of the molecule is CC(C)(C)[C@H](NS(=O)(=O)c1cc(F)ccc1F)C(=O)O. The molecule has 8 heteroatoms. The summed E-state index contributed by atoms with van der Waals surface area (Å²) in [5.74, 6) is -3.50. The van der Waals surface area contributed by atoms with Crippen molar-refractivity contribution < 1.29 is 27.1 Å². The minimum atomic E-state index is -4.49. The van der Waals surface area contributed by atoms with Gasteiger partial charge in [-0.1, -0.05) is 20.8 Å². The van der Waals surface area contributed by atoms with E-state index >= 15 is 0 Å². The van der Waals surface area contributed by atoms with Crippen LogP contribution in [0, 0.1) is 17.0 Å². The Morgan fingerprint density at radius 1 is 1.30 bits per heavy atom. The quantitative estimate of drug-likeness (QED) is 0.887. The van der Waals surface area contributed by atoms with Crippen LogP contribution in [0.4, 0.5) is 8.78 Å². The third kappa shape index (κ3) is 3.73. The van der Waals surface area contributed by atoms with Crippen LogP contribution in [0.25, 0.3) is 0 Å². The maximum atomic E-state index is 13.5. The molecule has 0 saturated heterocycles. The van der Waals surface area contributed by atoms with Gasteiger partial charge < -0.3 is 5.11 Å². The molecule has 0 spiro atoms. The number of rotatable bonds is 4. The molecule has 2 N–H and O–H groups in total. The van der Waals surface area contributed by atoms with Gasteiger partial charge in [0.25, 0.3) is 0 Å². The van der Waals surface area contributed by atoms with E-state index in [0.29, 0.717) is 12.1 Å². The second-order valence-electron chi connectivity index (χ2n) is 5.33. The lowest BCUT2D eigenvalue weighted by Crippen LogP contribution is -2.49. The van der Waals surface area contributed by atoms with Crippen LogP contribution in [-0.2, 0) is 14.8 Å². The summed E-state index contributed by atoms with van der Waals surface area (Å²) in [7, 11) is -4.49. The third-order valence-corrected chi connectivity index (χ3v) is 4.01. The first kappa shape index (κ1) is 16.5. The molecule has 1 aromatic carbocycles. The highest BCUT2D eigenvalue weighted by Crippen LogP contribution is 2.23. The van der Waals surface area contributed by atoms with E-state index in [-0.39, 0.29) is 0 Å². The van der Waals surface area contributed by atoms with E-state index in [1.807, 2.05) is 4.72 Å². The summed E-state index contributed by atoms with van der Waals surface area (Å²) in [6, 6.07) is 0.457. The molecule has 0 amide bonds. The van der Waals surface area contributed by atoms with Gasteiger partial charge in [0, 0.05) is 0 Å². The Morgan fingerprint density at radius 2 is 1.85 bits per heavy atom. The number of sulfonamides is 1. The van der Waals surface area contributed by atoms with Gasteiger partial charge in [0.05, 0.1) is 0 Å². The standard InChI is InChI=1S/C12H15F2NO4S/c1-12(2,3)10(11(16)17)15-20(18,19)9-6-7(13)4-5-8(9)14/h4-6,10,15H,1-3H3,(H,16,17)/t10-/m1/s1. The Labute approximate surface area is 115 Å². The van der Waals surface area contributed by atoms with Crippen molar-refractivity contribution in [2.45, 2.75) is 31.7 Å². The average Bonchev–Trinajstić information content (AvgIpc) is 2.27. The number of carboxylic acids is 1. The number of nitrogens with one attached hydrogen (secondary N) is 1. The molecule has 0 heterocycles. The van der Waals surface area contributed by atoms with Crippen molar-refractivity contribution in [3.8, 4) is 0 Å². The van der Waals surface area contributed by atoms with Crippen molar-refractivity contribution >= 4 is 16.0 Å². The van der Waals surface area contributed by atoms with Crippen molar-refractivity contribution in [2.75, 3.05) is 0 Å². The van der Waals surface area contributed by atoms with Gasteiger partial charge in [0.2, 0.25) is 10.0 Å². The maximum Gasteiger partial charge on any atom is 0.322 e. The lowest BCUT2D eigenvalue weighted by molar-refractivity contribution is -0.141. The lowest BCUT2D eigenvalue weighted by atomic mass is 9.88. The summed E-state index contributed by atoms with van der Waals surface area (Å²) in [6.07, 6.45) is 0. The van der Waals surface area contributed by atoms with Crippen molar-refractivity contribution in [3.05, 3.63) is 29.8 Å². The van der Waals surface area contributed by atoms with E-state index in [1.165, 1.54) is 20.8 Å². The Balaban J connectivity index is 3.24. The van der Waals surface area contributed by atoms with Gasteiger partial charge in [-0.25, -0.2) is 17.2 Å². The van der Waals surface area contributed by atoms with Crippen molar-refractivity contribution in [2.24, 2.45) is 5.41 Å². The van der Waals surface area contributed by atoms with Crippen LogP contribution in [-0.4, -0.2) is 25.5 Å². The lowest BCUT2D eigenvalue weighted by Gasteiger charge is -2.27. The first-order valence-electron chi connectivity index (χ1n) is 5.65. The van der Waals surface area contributed by atoms with Crippen LogP contribution in [0.1, 0.15) is 20.8 Å².